The van der Waals surface area contributed by atoms with Crippen molar-refractivity contribution in [3.63, 3.8) is 0 Å². The molecule has 0 saturated carbocycles. The predicted molar refractivity (Wildman–Crippen MR) is 109 cm³/mol. The Kier molecular flexibility index (Phi) is 5.86. The maximum atomic E-state index is 13.1. The van der Waals surface area contributed by atoms with Crippen molar-refractivity contribution in [1.29, 1.82) is 0 Å². The second-order valence-electron chi connectivity index (χ2n) is 7.15. The Morgan fingerprint density at radius 3 is 2.57 bits per heavy atom. The summed E-state index contributed by atoms with van der Waals surface area (Å²) in [5.41, 5.74) is 1.67. The van der Waals surface area contributed by atoms with Crippen LogP contribution < -0.4 is 5.32 Å². The number of amides is 1. The van der Waals surface area contributed by atoms with E-state index < -0.39 is 10.0 Å². The summed E-state index contributed by atoms with van der Waals surface area (Å²) in [5.74, 6) is -0.481. The Balaban J connectivity index is 1.42. The van der Waals surface area contributed by atoms with Crippen LogP contribution >= 0.6 is 0 Å². The highest BCUT2D eigenvalue weighted by Crippen LogP contribution is 2.24. The summed E-state index contributed by atoms with van der Waals surface area (Å²) in [6.07, 6.45) is 2.75. The van der Waals surface area contributed by atoms with Crippen molar-refractivity contribution in [2.45, 2.75) is 24.3 Å². The average molecular weight is 427 g/mol. The van der Waals surface area contributed by atoms with Gasteiger partial charge in [-0.2, -0.15) is 4.31 Å². The van der Waals surface area contributed by atoms with Gasteiger partial charge in [0.2, 0.25) is 15.9 Å². The lowest BCUT2D eigenvalue weighted by Gasteiger charge is -2.31. The molecule has 9 nitrogen and oxygen atoms in total. The summed E-state index contributed by atoms with van der Waals surface area (Å²) >= 11 is 0. The molecule has 1 aliphatic rings. The summed E-state index contributed by atoms with van der Waals surface area (Å²) in [5, 5.41) is 13.9. The van der Waals surface area contributed by atoms with E-state index in [0.717, 1.165) is 5.56 Å². The van der Waals surface area contributed by atoms with Crippen LogP contribution in [0.15, 0.2) is 65.8 Å². The summed E-state index contributed by atoms with van der Waals surface area (Å²) in [6, 6.07) is 16.0. The number of benzene rings is 2. The zero-order valence-corrected chi connectivity index (χ0v) is 17.1. The lowest BCUT2D eigenvalue weighted by Crippen LogP contribution is -2.45. The Morgan fingerprint density at radius 1 is 1.10 bits per heavy atom. The summed E-state index contributed by atoms with van der Waals surface area (Å²) in [6.45, 7) is 1.01. The van der Waals surface area contributed by atoms with Gasteiger partial charge in [0, 0.05) is 19.6 Å². The quantitative estimate of drug-likeness (QED) is 0.638. The molecule has 156 valence electrons. The van der Waals surface area contributed by atoms with Crippen LogP contribution in [0.25, 0.3) is 5.69 Å². The van der Waals surface area contributed by atoms with E-state index >= 15 is 0 Å². The number of tetrazole rings is 1. The number of carbonyl (C=O) groups is 1. The highest BCUT2D eigenvalue weighted by atomic mass is 32.2. The molecule has 3 aromatic rings. The number of aromatic nitrogens is 4. The van der Waals surface area contributed by atoms with Crippen LogP contribution in [-0.2, 0) is 21.4 Å². The van der Waals surface area contributed by atoms with Gasteiger partial charge in [0.1, 0.15) is 6.33 Å². The molecule has 2 aromatic carbocycles. The smallest absolute Gasteiger partial charge is 0.243 e. The average Bonchev–Trinajstić information content (AvgIpc) is 3.33. The third-order valence-electron chi connectivity index (χ3n) is 5.15. The second-order valence-corrected chi connectivity index (χ2v) is 9.09. The van der Waals surface area contributed by atoms with Gasteiger partial charge in [-0.25, -0.2) is 13.1 Å². The van der Waals surface area contributed by atoms with Gasteiger partial charge in [-0.3, -0.25) is 4.79 Å². The maximum Gasteiger partial charge on any atom is 0.243 e. The van der Waals surface area contributed by atoms with E-state index in [9.17, 15) is 13.2 Å². The van der Waals surface area contributed by atoms with Gasteiger partial charge in [0.15, 0.2) is 0 Å². The minimum atomic E-state index is -3.69. The van der Waals surface area contributed by atoms with Crippen LogP contribution in [0.3, 0.4) is 0 Å². The summed E-state index contributed by atoms with van der Waals surface area (Å²) < 4.78 is 29.0. The minimum absolute atomic E-state index is 0.118. The SMILES string of the molecule is O=C(NCc1ccccc1)[C@H]1CCCN(S(=O)(=O)c2ccc(-n3cnnn3)cc2)C1. The van der Waals surface area contributed by atoms with Crippen molar-refractivity contribution in [3.05, 3.63) is 66.5 Å². The van der Waals surface area contributed by atoms with Crippen molar-refractivity contribution in [3.8, 4) is 5.69 Å². The number of nitrogens with zero attached hydrogens (tertiary/aromatic N) is 5. The fraction of sp³-hybridized carbons (Fsp3) is 0.300. The van der Waals surface area contributed by atoms with E-state index in [-0.39, 0.29) is 23.3 Å². The number of hydrogen-bond acceptors (Lipinski definition) is 6. The molecule has 0 aliphatic carbocycles. The first-order valence-corrected chi connectivity index (χ1v) is 11.1. The molecule has 1 aromatic heterocycles. The number of sulfonamides is 1. The van der Waals surface area contributed by atoms with Crippen LogP contribution in [0.4, 0.5) is 0 Å². The number of piperidine rings is 1. The van der Waals surface area contributed by atoms with E-state index in [4.69, 9.17) is 0 Å². The molecular weight excluding hydrogens is 404 g/mol. The number of carbonyl (C=O) groups excluding carboxylic acids is 1. The van der Waals surface area contributed by atoms with Gasteiger partial charge >= 0.3 is 0 Å². The third-order valence-corrected chi connectivity index (χ3v) is 7.03. The molecule has 1 N–H and O–H groups in total. The zero-order chi connectivity index (χ0) is 21.0. The van der Waals surface area contributed by atoms with Crippen LogP contribution in [-0.4, -0.2) is 51.9 Å². The van der Waals surface area contributed by atoms with Gasteiger partial charge in [-0.05, 0) is 53.1 Å². The molecule has 30 heavy (non-hydrogen) atoms. The number of nitrogens with one attached hydrogen (secondary N) is 1. The summed E-state index contributed by atoms with van der Waals surface area (Å²) in [7, 11) is -3.69. The standard InChI is InChI=1S/C20H22N6O3S/c27-20(21-13-16-5-2-1-3-6-16)17-7-4-12-25(14-17)30(28,29)19-10-8-18(9-11-19)26-15-22-23-24-26/h1-3,5-6,8-11,15,17H,4,7,12-14H2,(H,21,27)/t17-/m0/s1. The fourth-order valence-corrected chi connectivity index (χ4v) is 5.03. The molecular formula is C20H22N6O3S. The Bertz CT molecular complexity index is 1090. The molecule has 0 spiro atoms. The second kappa shape index (κ2) is 8.72. The Morgan fingerprint density at radius 2 is 1.87 bits per heavy atom. The van der Waals surface area contributed by atoms with E-state index in [1.165, 1.54) is 27.4 Å². The van der Waals surface area contributed by atoms with Crippen molar-refractivity contribution in [2.24, 2.45) is 5.92 Å². The van der Waals surface area contributed by atoms with Gasteiger partial charge in [-0.1, -0.05) is 30.3 Å². The molecule has 0 bridgehead atoms. The molecule has 0 unspecified atom stereocenters. The molecule has 10 heteroatoms. The zero-order valence-electron chi connectivity index (χ0n) is 16.3. The van der Waals surface area contributed by atoms with Gasteiger partial charge in [0.25, 0.3) is 0 Å². The molecule has 1 saturated heterocycles. The van der Waals surface area contributed by atoms with E-state index in [1.54, 1.807) is 12.1 Å². The molecule has 1 atom stereocenters. The van der Waals surface area contributed by atoms with Crippen LogP contribution in [0.5, 0.6) is 0 Å². The Hall–Kier alpha value is -3.11. The lowest BCUT2D eigenvalue weighted by atomic mass is 9.99. The number of rotatable bonds is 6. The van der Waals surface area contributed by atoms with Gasteiger partial charge < -0.3 is 5.32 Å². The first kappa shape index (κ1) is 20.2. The molecule has 1 amide bonds. The van der Waals surface area contributed by atoms with E-state index in [1.807, 2.05) is 30.3 Å². The molecule has 1 aliphatic heterocycles. The highest BCUT2D eigenvalue weighted by Gasteiger charge is 2.33. The predicted octanol–water partition coefficient (Wildman–Crippen LogP) is 1.38. The summed E-state index contributed by atoms with van der Waals surface area (Å²) in [4.78, 5) is 12.8. The molecule has 2 heterocycles. The lowest BCUT2D eigenvalue weighted by molar-refractivity contribution is -0.126. The van der Waals surface area contributed by atoms with Crippen molar-refractivity contribution in [2.75, 3.05) is 13.1 Å². The van der Waals surface area contributed by atoms with Crippen molar-refractivity contribution < 1.29 is 13.2 Å². The van der Waals surface area contributed by atoms with E-state index in [2.05, 4.69) is 20.8 Å². The van der Waals surface area contributed by atoms with Gasteiger partial charge in [-0.15, -0.1) is 5.10 Å². The largest absolute Gasteiger partial charge is 0.352 e. The maximum absolute atomic E-state index is 13.1. The third kappa shape index (κ3) is 4.39. The topological polar surface area (TPSA) is 110 Å². The minimum Gasteiger partial charge on any atom is -0.352 e. The number of hydrogen-bond donors (Lipinski definition) is 1. The molecule has 1 fully saturated rings. The van der Waals surface area contributed by atoms with Crippen LogP contribution in [0, 0.1) is 5.92 Å². The first-order chi connectivity index (χ1) is 14.5. The highest BCUT2D eigenvalue weighted by molar-refractivity contribution is 7.89. The van der Waals surface area contributed by atoms with Crippen molar-refractivity contribution >= 4 is 15.9 Å². The first-order valence-electron chi connectivity index (χ1n) is 9.69. The van der Waals surface area contributed by atoms with E-state index in [0.29, 0.717) is 31.6 Å². The fourth-order valence-electron chi connectivity index (χ4n) is 3.50. The van der Waals surface area contributed by atoms with Gasteiger partial charge in [0.05, 0.1) is 16.5 Å². The normalized spacial score (nSPS) is 17.5. The van der Waals surface area contributed by atoms with Crippen LogP contribution in [0.1, 0.15) is 18.4 Å². The molecule has 0 radical (unpaired) electrons. The van der Waals surface area contributed by atoms with Crippen molar-refractivity contribution in [1.82, 2.24) is 29.8 Å². The monoisotopic (exact) mass is 426 g/mol. The molecule has 4 rings (SSSR count). The Labute approximate surface area is 174 Å². The van der Waals surface area contributed by atoms with Crippen LogP contribution in [0.2, 0.25) is 0 Å².